The number of nitrogens with zero attached hydrogens (tertiary/aromatic N) is 3. The molecule has 5 heteroatoms. The first kappa shape index (κ1) is 13.8. The molecule has 1 aliphatic rings. The van der Waals surface area contributed by atoms with Crippen LogP contribution in [0.4, 0.5) is 5.82 Å². The zero-order valence-electron chi connectivity index (χ0n) is 12.1. The van der Waals surface area contributed by atoms with Gasteiger partial charge in [0.2, 0.25) is 5.91 Å². The molecule has 1 aliphatic heterocycles. The average molecular weight is 262 g/mol. The van der Waals surface area contributed by atoms with E-state index in [0.29, 0.717) is 0 Å². The fourth-order valence-electron chi connectivity index (χ4n) is 2.27. The Balaban J connectivity index is 1.98. The fraction of sp³-hybridized carbons (Fsp3) is 0.643. The van der Waals surface area contributed by atoms with Gasteiger partial charge in [-0.2, -0.15) is 0 Å². The maximum Gasteiger partial charge on any atom is 0.225 e. The summed E-state index contributed by atoms with van der Waals surface area (Å²) in [6.07, 6.45) is 2.46. The van der Waals surface area contributed by atoms with Crippen LogP contribution < -0.4 is 10.2 Å². The number of hydrogen-bond donors (Lipinski definition) is 1. The molecule has 0 radical (unpaired) electrons. The quantitative estimate of drug-likeness (QED) is 0.878. The van der Waals surface area contributed by atoms with Crippen molar-refractivity contribution in [3.63, 3.8) is 0 Å². The zero-order valence-corrected chi connectivity index (χ0v) is 12.1. The highest BCUT2D eigenvalue weighted by molar-refractivity contribution is 5.80. The largest absolute Gasteiger partial charge is 0.356 e. The van der Waals surface area contributed by atoms with E-state index in [-0.39, 0.29) is 17.4 Å². The molecule has 1 aromatic heterocycles. The minimum Gasteiger partial charge on any atom is -0.356 e. The monoisotopic (exact) mass is 262 g/mol. The predicted octanol–water partition coefficient (Wildman–Crippen LogP) is 1.53. The molecular formula is C14H22N4O. The first-order valence-corrected chi connectivity index (χ1v) is 6.71. The van der Waals surface area contributed by atoms with Gasteiger partial charge < -0.3 is 10.2 Å². The summed E-state index contributed by atoms with van der Waals surface area (Å²) in [5.41, 5.74) is 0.781. The van der Waals surface area contributed by atoms with Gasteiger partial charge in [-0.1, -0.05) is 0 Å². The predicted molar refractivity (Wildman–Crippen MR) is 75.0 cm³/mol. The molecule has 1 atom stereocenters. The van der Waals surface area contributed by atoms with Crippen molar-refractivity contribution in [3.05, 3.63) is 18.1 Å². The third kappa shape index (κ3) is 3.66. The number of anilines is 1. The molecule has 2 rings (SSSR count). The van der Waals surface area contributed by atoms with Gasteiger partial charge in [-0.15, -0.1) is 0 Å². The summed E-state index contributed by atoms with van der Waals surface area (Å²) in [6.45, 7) is 9.57. The molecule has 1 aromatic rings. The third-order valence-corrected chi connectivity index (χ3v) is 3.17. The molecule has 1 saturated heterocycles. The van der Waals surface area contributed by atoms with Crippen molar-refractivity contribution in [1.29, 1.82) is 0 Å². The number of nitrogens with one attached hydrogen (secondary N) is 1. The topological polar surface area (TPSA) is 58.1 Å². The summed E-state index contributed by atoms with van der Waals surface area (Å²) < 4.78 is 0. The summed E-state index contributed by atoms with van der Waals surface area (Å²) in [4.78, 5) is 22.7. The van der Waals surface area contributed by atoms with Gasteiger partial charge in [0, 0.05) is 30.4 Å². The standard InChI is InChI=1S/C14H22N4O/c1-10-7-12(16-9-15-10)18-6-5-11(8-18)13(19)17-14(2,3)4/h7,9,11H,5-6,8H2,1-4H3,(H,17,19). The maximum atomic E-state index is 12.1. The molecule has 104 valence electrons. The van der Waals surface area contributed by atoms with Crippen molar-refractivity contribution >= 4 is 11.7 Å². The van der Waals surface area contributed by atoms with E-state index in [2.05, 4.69) is 20.2 Å². The molecule has 19 heavy (non-hydrogen) atoms. The smallest absolute Gasteiger partial charge is 0.225 e. The van der Waals surface area contributed by atoms with Gasteiger partial charge in [0.25, 0.3) is 0 Å². The van der Waals surface area contributed by atoms with Crippen LogP contribution in [0, 0.1) is 12.8 Å². The van der Waals surface area contributed by atoms with E-state index in [4.69, 9.17) is 0 Å². The second-order valence-electron chi connectivity index (χ2n) is 6.19. The molecular weight excluding hydrogens is 240 g/mol. The highest BCUT2D eigenvalue weighted by Crippen LogP contribution is 2.22. The second kappa shape index (κ2) is 5.15. The molecule has 1 fully saturated rings. The van der Waals surface area contributed by atoms with Gasteiger partial charge >= 0.3 is 0 Å². The summed E-state index contributed by atoms with van der Waals surface area (Å²) in [5, 5.41) is 3.05. The van der Waals surface area contributed by atoms with Crippen molar-refractivity contribution in [2.45, 2.75) is 39.7 Å². The van der Waals surface area contributed by atoms with Crippen LogP contribution in [-0.2, 0) is 4.79 Å². The van der Waals surface area contributed by atoms with E-state index in [1.807, 2.05) is 33.8 Å². The molecule has 0 bridgehead atoms. The van der Waals surface area contributed by atoms with Crippen molar-refractivity contribution in [2.24, 2.45) is 5.92 Å². The van der Waals surface area contributed by atoms with Crippen molar-refractivity contribution in [3.8, 4) is 0 Å². The Bertz CT molecular complexity index is 467. The number of amides is 1. The summed E-state index contributed by atoms with van der Waals surface area (Å²) in [6, 6.07) is 1.96. The van der Waals surface area contributed by atoms with Gasteiger partial charge in [-0.05, 0) is 34.1 Å². The Hall–Kier alpha value is -1.65. The van der Waals surface area contributed by atoms with E-state index in [9.17, 15) is 4.79 Å². The van der Waals surface area contributed by atoms with Crippen LogP contribution in [0.25, 0.3) is 0 Å². The summed E-state index contributed by atoms with van der Waals surface area (Å²) >= 11 is 0. The number of carbonyl (C=O) groups excluding carboxylic acids is 1. The Kier molecular flexibility index (Phi) is 3.73. The zero-order chi connectivity index (χ0) is 14.0. The minimum atomic E-state index is -0.171. The third-order valence-electron chi connectivity index (χ3n) is 3.17. The van der Waals surface area contributed by atoms with Crippen LogP contribution in [0.1, 0.15) is 32.9 Å². The van der Waals surface area contributed by atoms with E-state index in [0.717, 1.165) is 31.0 Å². The lowest BCUT2D eigenvalue weighted by atomic mass is 10.0. The average Bonchev–Trinajstić information content (AvgIpc) is 2.75. The van der Waals surface area contributed by atoms with E-state index < -0.39 is 0 Å². The Morgan fingerprint density at radius 3 is 2.79 bits per heavy atom. The van der Waals surface area contributed by atoms with Crippen LogP contribution in [0.2, 0.25) is 0 Å². The molecule has 1 N–H and O–H groups in total. The number of hydrogen-bond acceptors (Lipinski definition) is 4. The highest BCUT2D eigenvalue weighted by atomic mass is 16.2. The normalized spacial score (nSPS) is 19.6. The van der Waals surface area contributed by atoms with Gasteiger partial charge in [0.05, 0.1) is 5.92 Å². The van der Waals surface area contributed by atoms with Crippen LogP contribution >= 0.6 is 0 Å². The second-order valence-corrected chi connectivity index (χ2v) is 6.19. The molecule has 1 amide bonds. The van der Waals surface area contributed by atoms with Crippen molar-refractivity contribution in [2.75, 3.05) is 18.0 Å². The minimum absolute atomic E-state index is 0.0505. The summed E-state index contributed by atoms with van der Waals surface area (Å²) in [5.74, 6) is 1.11. The maximum absolute atomic E-state index is 12.1. The molecule has 0 aromatic carbocycles. The number of carbonyl (C=O) groups is 1. The lowest BCUT2D eigenvalue weighted by molar-refractivity contribution is -0.125. The summed E-state index contributed by atoms with van der Waals surface area (Å²) in [7, 11) is 0. The fourth-order valence-corrected chi connectivity index (χ4v) is 2.27. The van der Waals surface area contributed by atoms with Gasteiger partial charge in [-0.3, -0.25) is 4.79 Å². The van der Waals surface area contributed by atoms with E-state index in [1.165, 1.54) is 0 Å². The van der Waals surface area contributed by atoms with Crippen molar-refractivity contribution < 1.29 is 4.79 Å². The lowest BCUT2D eigenvalue weighted by Crippen LogP contribution is -2.44. The Morgan fingerprint density at radius 2 is 2.16 bits per heavy atom. The van der Waals surface area contributed by atoms with Crippen LogP contribution in [-0.4, -0.2) is 34.5 Å². The molecule has 2 heterocycles. The number of aromatic nitrogens is 2. The van der Waals surface area contributed by atoms with E-state index in [1.54, 1.807) is 6.33 Å². The SMILES string of the molecule is Cc1cc(N2CCC(C(=O)NC(C)(C)C)C2)ncn1. The molecule has 0 saturated carbocycles. The number of aryl methyl sites for hydroxylation is 1. The highest BCUT2D eigenvalue weighted by Gasteiger charge is 2.30. The Labute approximate surface area is 114 Å². The van der Waals surface area contributed by atoms with E-state index >= 15 is 0 Å². The van der Waals surface area contributed by atoms with Gasteiger partial charge in [0.15, 0.2) is 0 Å². The Morgan fingerprint density at radius 1 is 1.42 bits per heavy atom. The molecule has 0 aliphatic carbocycles. The lowest BCUT2D eigenvalue weighted by Gasteiger charge is -2.23. The van der Waals surface area contributed by atoms with Crippen molar-refractivity contribution in [1.82, 2.24) is 15.3 Å². The number of rotatable bonds is 2. The van der Waals surface area contributed by atoms with Crippen LogP contribution in [0.3, 0.4) is 0 Å². The first-order chi connectivity index (χ1) is 8.85. The van der Waals surface area contributed by atoms with Crippen LogP contribution in [0.5, 0.6) is 0 Å². The van der Waals surface area contributed by atoms with Crippen LogP contribution in [0.15, 0.2) is 12.4 Å². The molecule has 1 unspecified atom stereocenters. The van der Waals surface area contributed by atoms with Gasteiger partial charge in [0.1, 0.15) is 12.1 Å². The first-order valence-electron chi connectivity index (χ1n) is 6.71. The molecule has 5 nitrogen and oxygen atoms in total. The van der Waals surface area contributed by atoms with Gasteiger partial charge in [-0.25, -0.2) is 9.97 Å². The molecule has 0 spiro atoms.